The van der Waals surface area contributed by atoms with Crippen LogP contribution in [0.25, 0.3) is 0 Å². The topological polar surface area (TPSA) is 60.2 Å². The first-order valence-electron chi connectivity index (χ1n) is 4.13. The summed E-state index contributed by atoms with van der Waals surface area (Å²) in [5.41, 5.74) is -0.00935. The fraction of sp³-hybridized carbons (Fsp3) is 0.100. The Kier molecular flexibility index (Phi) is 3.62. The first kappa shape index (κ1) is 11.5. The number of rotatable bonds is 4. The van der Waals surface area contributed by atoms with Gasteiger partial charge in [0.25, 0.3) is 5.69 Å². The third kappa shape index (κ3) is 2.92. The van der Waals surface area contributed by atoms with Crippen LogP contribution in [0.1, 0.15) is 6.92 Å². The van der Waals surface area contributed by atoms with Gasteiger partial charge in [-0.1, -0.05) is 30.5 Å². The molecule has 0 spiro atoms. The summed E-state index contributed by atoms with van der Waals surface area (Å²) in [5.74, 6) is -0.182. The van der Waals surface area contributed by atoms with E-state index in [9.17, 15) is 14.9 Å². The van der Waals surface area contributed by atoms with Crippen molar-refractivity contribution in [2.24, 2.45) is 0 Å². The van der Waals surface area contributed by atoms with Gasteiger partial charge in [0.1, 0.15) is 0 Å². The van der Waals surface area contributed by atoms with Crippen LogP contribution in [0.5, 0.6) is 0 Å². The van der Waals surface area contributed by atoms with Crippen molar-refractivity contribution in [2.75, 3.05) is 0 Å². The van der Waals surface area contributed by atoms with E-state index in [1.165, 1.54) is 13.0 Å². The molecule has 0 unspecified atom stereocenters. The molecule has 0 fully saturated rings. The number of ketones is 1. The van der Waals surface area contributed by atoms with E-state index in [1.54, 1.807) is 18.2 Å². The summed E-state index contributed by atoms with van der Waals surface area (Å²) in [7, 11) is 0. The molecule has 0 aromatic heterocycles. The van der Waals surface area contributed by atoms with Gasteiger partial charge in [0, 0.05) is 11.0 Å². The van der Waals surface area contributed by atoms with Gasteiger partial charge < -0.3 is 0 Å². The van der Waals surface area contributed by atoms with E-state index < -0.39 is 4.92 Å². The number of hydrogen-bond donors (Lipinski definition) is 0. The lowest BCUT2D eigenvalue weighted by Gasteiger charge is -2.02. The summed E-state index contributed by atoms with van der Waals surface area (Å²) in [6.45, 7) is 4.92. The van der Waals surface area contributed by atoms with Gasteiger partial charge in [-0.05, 0) is 13.0 Å². The van der Waals surface area contributed by atoms with Crippen molar-refractivity contribution in [1.82, 2.24) is 0 Å². The van der Waals surface area contributed by atoms with Crippen LogP contribution >= 0.6 is 11.8 Å². The molecule has 15 heavy (non-hydrogen) atoms. The van der Waals surface area contributed by atoms with Gasteiger partial charge in [-0.15, -0.1) is 0 Å². The summed E-state index contributed by atoms with van der Waals surface area (Å²) in [6.07, 6.45) is 0. The highest BCUT2D eigenvalue weighted by Gasteiger charge is 2.14. The van der Waals surface area contributed by atoms with Crippen LogP contribution in [0, 0.1) is 10.1 Å². The summed E-state index contributed by atoms with van der Waals surface area (Å²) in [5, 5.41) is 10.7. The molecule has 0 atom stereocenters. The number of thioether (sulfide) groups is 1. The molecular formula is C10H9NO3S. The Hall–Kier alpha value is -1.62. The van der Waals surface area contributed by atoms with E-state index in [0.717, 1.165) is 11.8 Å². The molecule has 1 rings (SSSR count). The first-order valence-corrected chi connectivity index (χ1v) is 4.95. The molecule has 0 aliphatic heterocycles. The second kappa shape index (κ2) is 4.75. The lowest BCUT2D eigenvalue weighted by Crippen LogP contribution is -1.93. The number of hydrogen-bond acceptors (Lipinski definition) is 4. The van der Waals surface area contributed by atoms with Gasteiger partial charge in [0.15, 0.2) is 5.78 Å². The van der Waals surface area contributed by atoms with Gasteiger partial charge in [0.2, 0.25) is 0 Å². The van der Waals surface area contributed by atoms with E-state index in [2.05, 4.69) is 6.58 Å². The van der Waals surface area contributed by atoms with Crippen molar-refractivity contribution >= 4 is 23.2 Å². The fourth-order valence-electron chi connectivity index (χ4n) is 0.899. The lowest BCUT2D eigenvalue weighted by molar-refractivity contribution is -0.387. The van der Waals surface area contributed by atoms with Gasteiger partial charge in [-0.2, -0.15) is 0 Å². The van der Waals surface area contributed by atoms with Crippen molar-refractivity contribution in [3.8, 4) is 0 Å². The van der Waals surface area contributed by atoms with Crippen molar-refractivity contribution in [1.29, 1.82) is 0 Å². The average molecular weight is 223 g/mol. The average Bonchev–Trinajstić information content (AvgIpc) is 2.18. The zero-order valence-electron chi connectivity index (χ0n) is 8.10. The molecule has 1 aromatic carbocycles. The number of benzene rings is 1. The standard InChI is InChI=1S/C10H9NO3S/c1-7(12)8(2)15-10-6-4-3-5-9(10)11(13)14/h3-6H,2H2,1H3. The van der Waals surface area contributed by atoms with Crippen LogP contribution in [-0.4, -0.2) is 10.7 Å². The first-order chi connectivity index (χ1) is 7.02. The second-order valence-electron chi connectivity index (χ2n) is 2.81. The summed E-state index contributed by atoms with van der Waals surface area (Å²) < 4.78 is 0. The molecule has 0 radical (unpaired) electrons. The van der Waals surface area contributed by atoms with Crippen molar-refractivity contribution in [3.05, 3.63) is 45.9 Å². The van der Waals surface area contributed by atoms with Crippen molar-refractivity contribution < 1.29 is 9.72 Å². The largest absolute Gasteiger partial charge is 0.294 e. The summed E-state index contributed by atoms with van der Waals surface area (Å²) in [6, 6.07) is 6.26. The highest BCUT2D eigenvalue weighted by molar-refractivity contribution is 8.04. The third-order valence-corrected chi connectivity index (χ3v) is 2.79. The number of carbonyl (C=O) groups excluding carboxylic acids is 1. The minimum atomic E-state index is -0.476. The minimum Gasteiger partial charge on any atom is -0.294 e. The van der Waals surface area contributed by atoms with E-state index >= 15 is 0 Å². The molecule has 5 heteroatoms. The van der Waals surface area contributed by atoms with Crippen LogP contribution in [0.2, 0.25) is 0 Å². The molecule has 4 nitrogen and oxygen atoms in total. The van der Waals surface area contributed by atoms with E-state index in [1.807, 2.05) is 0 Å². The normalized spacial score (nSPS) is 9.67. The van der Waals surface area contributed by atoms with E-state index in [4.69, 9.17) is 0 Å². The number of nitro groups is 1. The van der Waals surface area contributed by atoms with Gasteiger partial charge in [0.05, 0.1) is 9.82 Å². The lowest BCUT2D eigenvalue weighted by atomic mass is 10.3. The van der Waals surface area contributed by atoms with Gasteiger partial charge >= 0.3 is 0 Å². The molecule has 0 saturated carbocycles. The number of nitrogens with zero attached hydrogens (tertiary/aromatic N) is 1. The summed E-state index contributed by atoms with van der Waals surface area (Å²) in [4.78, 5) is 21.8. The smallest absolute Gasteiger partial charge is 0.283 e. The van der Waals surface area contributed by atoms with Crippen LogP contribution in [-0.2, 0) is 4.79 Å². The quantitative estimate of drug-likeness (QED) is 0.341. The fourth-order valence-corrected chi connectivity index (χ4v) is 1.70. The van der Waals surface area contributed by atoms with Crippen LogP contribution in [0.3, 0.4) is 0 Å². The van der Waals surface area contributed by atoms with E-state index in [0.29, 0.717) is 9.80 Å². The Morgan fingerprint density at radius 3 is 2.60 bits per heavy atom. The van der Waals surface area contributed by atoms with Crippen LogP contribution in [0.4, 0.5) is 5.69 Å². The Morgan fingerprint density at radius 2 is 2.07 bits per heavy atom. The predicted molar refractivity (Wildman–Crippen MR) is 58.8 cm³/mol. The number of allylic oxidation sites excluding steroid dienone is 1. The molecule has 0 saturated heterocycles. The Balaban J connectivity index is 2.99. The van der Waals surface area contributed by atoms with Crippen molar-refractivity contribution in [2.45, 2.75) is 11.8 Å². The maximum atomic E-state index is 10.9. The van der Waals surface area contributed by atoms with Crippen LogP contribution in [0.15, 0.2) is 40.6 Å². The van der Waals surface area contributed by atoms with E-state index in [-0.39, 0.29) is 11.5 Å². The monoisotopic (exact) mass is 223 g/mol. The molecule has 1 aromatic rings. The molecule has 0 heterocycles. The molecule has 0 aliphatic rings. The molecular weight excluding hydrogens is 214 g/mol. The highest BCUT2D eigenvalue weighted by Crippen LogP contribution is 2.33. The van der Waals surface area contributed by atoms with Gasteiger partial charge in [-0.3, -0.25) is 14.9 Å². The molecule has 0 bridgehead atoms. The predicted octanol–water partition coefficient (Wildman–Crippen LogP) is 2.79. The third-order valence-electron chi connectivity index (χ3n) is 1.69. The maximum Gasteiger partial charge on any atom is 0.283 e. The number of carbonyl (C=O) groups is 1. The van der Waals surface area contributed by atoms with Gasteiger partial charge in [-0.25, -0.2) is 0 Å². The molecule has 78 valence electrons. The second-order valence-corrected chi connectivity index (χ2v) is 3.94. The summed E-state index contributed by atoms with van der Waals surface area (Å²) >= 11 is 1.02. The van der Waals surface area contributed by atoms with Crippen LogP contribution < -0.4 is 0 Å². The molecule has 0 aliphatic carbocycles. The Labute approximate surface area is 91.1 Å². The zero-order valence-corrected chi connectivity index (χ0v) is 8.91. The Bertz CT molecular complexity index is 428. The highest BCUT2D eigenvalue weighted by atomic mass is 32.2. The minimum absolute atomic E-state index is 0.00935. The van der Waals surface area contributed by atoms with Crippen molar-refractivity contribution in [3.63, 3.8) is 0 Å². The number of Topliss-reactive ketones (excluding diaryl/α,β-unsaturated/α-hetero) is 1. The Morgan fingerprint density at radius 1 is 1.47 bits per heavy atom. The zero-order chi connectivity index (χ0) is 11.4. The number of nitro benzene ring substituents is 1. The maximum absolute atomic E-state index is 10.9. The molecule has 0 amide bonds. The molecule has 0 N–H and O–H groups in total. The SMILES string of the molecule is C=C(Sc1ccccc1[N+](=O)[O-])C(C)=O. The number of para-hydroxylation sites is 1.